The number of hydrogen-bond donors (Lipinski definition) is 1. The lowest BCUT2D eigenvalue weighted by molar-refractivity contribution is -0.384. The average molecular weight is 308 g/mol. The van der Waals surface area contributed by atoms with E-state index in [1.165, 1.54) is 18.6 Å². The van der Waals surface area contributed by atoms with Gasteiger partial charge in [0.05, 0.1) is 4.92 Å². The van der Waals surface area contributed by atoms with E-state index in [0.29, 0.717) is 24.1 Å². The van der Waals surface area contributed by atoms with Gasteiger partial charge in [-0.15, -0.1) is 0 Å². The van der Waals surface area contributed by atoms with E-state index in [0.717, 1.165) is 13.1 Å². The van der Waals surface area contributed by atoms with Gasteiger partial charge in [0.2, 0.25) is 0 Å². The van der Waals surface area contributed by atoms with Crippen LogP contribution in [0.4, 0.5) is 5.69 Å². The second-order valence-electron chi connectivity index (χ2n) is 6.38. The second kappa shape index (κ2) is 7.56. The van der Waals surface area contributed by atoms with Crippen LogP contribution in [0.3, 0.4) is 0 Å². The number of β-amino-alcohol motifs (C(OH)–C–C–N with tert-alkyl or cyclic N) is 1. The van der Waals surface area contributed by atoms with Crippen molar-refractivity contribution in [2.45, 2.75) is 26.4 Å². The highest BCUT2D eigenvalue weighted by Crippen LogP contribution is 2.21. The number of rotatable bonds is 6. The fraction of sp³-hybridized carbons (Fsp3) is 0.625. The molecule has 1 fully saturated rings. The number of benzene rings is 1. The third-order valence-corrected chi connectivity index (χ3v) is 3.90. The molecule has 6 heteroatoms. The number of ether oxygens (including phenoxy) is 1. The zero-order valence-electron chi connectivity index (χ0n) is 13.1. The van der Waals surface area contributed by atoms with E-state index in [2.05, 4.69) is 18.7 Å². The maximum Gasteiger partial charge on any atom is 0.269 e. The van der Waals surface area contributed by atoms with Gasteiger partial charge in [-0.25, -0.2) is 0 Å². The van der Waals surface area contributed by atoms with Crippen LogP contribution in [0.2, 0.25) is 0 Å². The summed E-state index contributed by atoms with van der Waals surface area (Å²) in [7, 11) is 0. The lowest BCUT2D eigenvalue weighted by Crippen LogP contribution is -2.43. The van der Waals surface area contributed by atoms with Crippen LogP contribution in [0, 0.1) is 22.0 Å². The Labute approximate surface area is 130 Å². The molecule has 0 bridgehead atoms. The molecule has 6 nitrogen and oxygen atoms in total. The molecule has 1 aliphatic heterocycles. The molecule has 1 aliphatic rings. The molecule has 0 spiro atoms. The maximum atomic E-state index is 10.6. The summed E-state index contributed by atoms with van der Waals surface area (Å²) in [5, 5.41) is 20.7. The highest BCUT2D eigenvalue weighted by Gasteiger charge is 2.23. The molecule has 2 rings (SSSR count). The Bertz CT molecular complexity index is 481. The first-order valence-electron chi connectivity index (χ1n) is 7.71. The van der Waals surface area contributed by atoms with Crippen LogP contribution in [0.15, 0.2) is 24.3 Å². The summed E-state index contributed by atoms with van der Waals surface area (Å²) in [5.74, 6) is 1.85. The van der Waals surface area contributed by atoms with E-state index in [-0.39, 0.29) is 12.3 Å². The van der Waals surface area contributed by atoms with Gasteiger partial charge in [0.1, 0.15) is 18.5 Å². The van der Waals surface area contributed by atoms with Gasteiger partial charge in [0.15, 0.2) is 0 Å². The van der Waals surface area contributed by atoms with E-state index < -0.39 is 11.0 Å². The van der Waals surface area contributed by atoms with Crippen LogP contribution >= 0.6 is 0 Å². The molecule has 1 aromatic rings. The van der Waals surface area contributed by atoms with Crippen LogP contribution in [0.5, 0.6) is 5.75 Å². The molecule has 0 saturated carbocycles. The summed E-state index contributed by atoms with van der Waals surface area (Å²) in [4.78, 5) is 12.4. The SMILES string of the molecule is C[C@@H]1C[C@@H](C)CN(C[C@H](O)COc2ccc([N+](=O)[O-])cc2)C1. The Balaban J connectivity index is 1.77. The monoisotopic (exact) mass is 308 g/mol. The summed E-state index contributed by atoms with van der Waals surface area (Å²) in [6.07, 6.45) is 0.680. The number of aliphatic hydroxyl groups excluding tert-OH is 1. The number of nitro groups is 1. The summed E-state index contributed by atoms with van der Waals surface area (Å²) in [6, 6.07) is 5.90. The Morgan fingerprint density at radius 1 is 1.32 bits per heavy atom. The molecule has 1 aromatic carbocycles. The molecule has 0 amide bonds. The number of hydrogen-bond acceptors (Lipinski definition) is 5. The quantitative estimate of drug-likeness (QED) is 0.644. The smallest absolute Gasteiger partial charge is 0.269 e. The molecule has 1 heterocycles. The van der Waals surface area contributed by atoms with Crippen LogP contribution in [-0.4, -0.2) is 47.3 Å². The van der Waals surface area contributed by atoms with Gasteiger partial charge in [0, 0.05) is 31.8 Å². The number of nitro benzene ring substituents is 1. The van der Waals surface area contributed by atoms with Crippen molar-refractivity contribution in [2.75, 3.05) is 26.2 Å². The standard InChI is InChI=1S/C16H24N2O4/c1-12-7-13(2)9-17(8-12)10-15(19)11-22-16-5-3-14(4-6-16)18(20)21/h3-6,12-13,15,19H,7-11H2,1-2H3/t12-,13-,15+/m1/s1. The average Bonchev–Trinajstić information content (AvgIpc) is 2.44. The number of likely N-dealkylation sites (tertiary alicyclic amines) is 1. The normalized spacial score (nSPS) is 24.0. The fourth-order valence-corrected chi connectivity index (χ4v) is 3.15. The molecular weight excluding hydrogens is 284 g/mol. The van der Waals surface area contributed by atoms with Crippen molar-refractivity contribution in [3.05, 3.63) is 34.4 Å². The summed E-state index contributed by atoms with van der Waals surface area (Å²) >= 11 is 0. The zero-order chi connectivity index (χ0) is 16.1. The molecule has 22 heavy (non-hydrogen) atoms. The molecule has 0 unspecified atom stereocenters. The number of nitrogens with zero attached hydrogens (tertiary/aromatic N) is 2. The van der Waals surface area contributed by atoms with Crippen molar-refractivity contribution in [1.82, 2.24) is 4.90 Å². The van der Waals surface area contributed by atoms with Crippen LogP contribution in [0.1, 0.15) is 20.3 Å². The molecule has 0 aromatic heterocycles. The molecule has 1 saturated heterocycles. The van der Waals surface area contributed by atoms with Gasteiger partial charge in [0.25, 0.3) is 5.69 Å². The molecule has 0 radical (unpaired) electrons. The Kier molecular flexibility index (Phi) is 5.74. The lowest BCUT2D eigenvalue weighted by Gasteiger charge is -2.35. The van der Waals surface area contributed by atoms with Crippen molar-refractivity contribution < 1.29 is 14.8 Å². The van der Waals surface area contributed by atoms with Crippen molar-refractivity contribution in [1.29, 1.82) is 0 Å². The zero-order valence-corrected chi connectivity index (χ0v) is 13.1. The van der Waals surface area contributed by atoms with E-state index in [4.69, 9.17) is 4.74 Å². The number of piperidine rings is 1. The van der Waals surface area contributed by atoms with Crippen molar-refractivity contribution in [3.8, 4) is 5.75 Å². The van der Waals surface area contributed by atoms with Gasteiger partial charge < -0.3 is 14.7 Å². The minimum absolute atomic E-state index is 0.0317. The highest BCUT2D eigenvalue weighted by molar-refractivity contribution is 5.35. The van der Waals surface area contributed by atoms with Crippen LogP contribution in [0.25, 0.3) is 0 Å². The van der Waals surface area contributed by atoms with E-state index >= 15 is 0 Å². The van der Waals surface area contributed by atoms with Crippen LogP contribution < -0.4 is 4.74 Å². The summed E-state index contributed by atoms with van der Waals surface area (Å²) in [5.41, 5.74) is 0.0317. The number of non-ortho nitro benzene ring substituents is 1. The topological polar surface area (TPSA) is 75.8 Å². The number of aliphatic hydroxyl groups is 1. The first-order valence-corrected chi connectivity index (χ1v) is 7.71. The Morgan fingerprint density at radius 2 is 1.91 bits per heavy atom. The molecule has 0 aliphatic carbocycles. The minimum atomic E-state index is -0.562. The van der Waals surface area contributed by atoms with Gasteiger partial charge in [-0.1, -0.05) is 13.8 Å². The molecule has 1 N–H and O–H groups in total. The predicted octanol–water partition coefficient (Wildman–Crippen LogP) is 2.31. The van der Waals surface area contributed by atoms with Gasteiger partial charge in [-0.2, -0.15) is 0 Å². The first kappa shape index (κ1) is 16.7. The summed E-state index contributed by atoms with van der Waals surface area (Å²) in [6.45, 7) is 7.29. The largest absolute Gasteiger partial charge is 0.491 e. The van der Waals surface area contributed by atoms with Crippen molar-refractivity contribution in [3.63, 3.8) is 0 Å². The van der Waals surface area contributed by atoms with E-state index in [1.54, 1.807) is 12.1 Å². The maximum absolute atomic E-state index is 10.6. The van der Waals surface area contributed by atoms with Crippen LogP contribution in [-0.2, 0) is 0 Å². The van der Waals surface area contributed by atoms with Crippen molar-refractivity contribution >= 4 is 5.69 Å². The highest BCUT2D eigenvalue weighted by atomic mass is 16.6. The first-order chi connectivity index (χ1) is 10.4. The predicted molar refractivity (Wildman–Crippen MR) is 84.0 cm³/mol. The Hall–Kier alpha value is -1.66. The van der Waals surface area contributed by atoms with Gasteiger partial charge in [-0.05, 0) is 30.4 Å². The minimum Gasteiger partial charge on any atom is -0.491 e. The third-order valence-electron chi connectivity index (χ3n) is 3.90. The van der Waals surface area contributed by atoms with Gasteiger partial charge in [-0.3, -0.25) is 10.1 Å². The lowest BCUT2D eigenvalue weighted by atomic mass is 9.92. The van der Waals surface area contributed by atoms with E-state index in [1.807, 2.05) is 0 Å². The fourth-order valence-electron chi connectivity index (χ4n) is 3.15. The van der Waals surface area contributed by atoms with Crippen molar-refractivity contribution in [2.24, 2.45) is 11.8 Å². The molecule has 122 valence electrons. The molecular formula is C16H24N2O4. The van der Waals surface area contributed by atoms with E-state index in [9.17, 15) is 15.2 Å². The Morgan fingerprint density at radius 3 is 2.45 bits per heavy atom. The molecule has 3 atom stereocenters. The third kappa shape index (κ3) is 4.96. The second-order valence-corrected chi connectivity index (χ2v) is 6.38. The summed E-state index contributed by atoms with van der Waals surface area (Å²) < 4.78 is 5.50. The van der Waals surface area contributed by atoms with Gasteiger partial charge >= 0.3 is 0 Å².